The first-order valence-corrected chi connectivity index (χ1v) is 11.1. The molecule has 11 heteroatoms. The lowest BCUT2D eigenvalue weighted by atomic mass is 10.2. The highest BCUT2D eigenvalue weighted by Crippen LogP contribution is 2.34. The van der Waals surface area contributed by atoms with Gasteiger partial charge in [0.1, 0.15) is 0 Å². The molecule has 1 aliphatic rings. The van der Waals surface area contributed by atoms with E-state index >= 15 is 0 Å². The van der Waals surface area contributed by atoms with Crippen LogP contribution in [0, 0.1) is 0 Å². The van der Waals surface area contributed by atoms with E-state index < -0.39 is 5.25 Å². The van der Waals surface area contributed by atoms with E-state index in [0.29, 0.717) is 36.8 Å². The van der Waals surface area contributed by atoms with Gasteiger partial charge in [0.25, 0.3) is 0 Å². The molecule has 0 aliphatic carbocycles. The molecule has 0 radical (unpaired) electrons. The fourth-order valence-electron chi connectivity index (χ4n) is 2.39. The van der Waals surface area contributed by atoms with E-state index in [1.807, 2.05) is 0 Å². The number of amides is 1. The Hall–Kier alpha value is -0.770. The van der Waals surface area contributed by atoms with Gasteiger partial charge in [0.2, 0.25) is 11.0 Å². The van der Waals surface area contributed by atoms with Crippen LogP contribution in [-0.2, 0) is 9.53 Å². The van der Waals surface area contributed by atoms with Crippen LogP contribution < -0.4 is 10.6 Å². The molecule has 1 fully saturated rings. The molecule has 1 aromatic carbocycles. The Morgan fingerprint density at radius 3 is 2.85 bits per heavy atom. The van der Waals surface area contributed by atoms with Gasteiger partial charge < -0.3 is 15.4 Å². The zero-order chi connectivity index (χ0) is 19.4. The minimum absolute atomic E-state index is 0.218. The quantitative estimate of drug-likeness (QED) is 0.430. The number of benzene rings is 1. The van der Waals surface area contributed by atoms with Crippen molar-refractivity contribution in [3.8, 4) is 0 Å². The average Bonchev–Trinajstić information content (AvgIpc) is 3.29. The van der Waals surface area contributed by atoms with Gasteiger partial charge in [-0.3, -0.25) is 4.79 Å². The van der Waals surface area contributed by atoms with Crippen molar-refractivity contribution in [2.75, 3.05) is 23.8 Å². The number of ether oxygens (including phenoxy) is 1. The molecule has 2 unspecified atom stereocenters. The Morgan fingerprint density at radius 2 is 2.11 bits per heavy atom. The molecule has 6 nitrogen and oxygen atoms in total. The van der Waals surface area contributed by atoms with Crippen LogP contribution in [0.4, 0.5) is 10.8 Å². The number of rotatable bonds is 7. The number of halogens is 3. The summed E-state index contributed by atoms with van der Waals surface area (Å²) in [4.78, 5) is 12.4. The third-order valence-electron chi connectivity index (χ3n) is 3.83. The van der Waals surface area contributed by atoms with E-state index in [1.54, 1.807) is 6.92 Å². The smallest absolute Gasteiger partial charge is 0.237 e. The molecular weight excluding hydrogens is 451 g/mol. The molecule has 1 saturated heterocycles. The fraction of sp³-hybridized carbons (Fsp3) is 0.438. The van der Waals surface area contributed by atoms with Gasteiger partial charge in [-0.25, -0.2) is 0 Å². The predicted molar refractivity (Wildman–Crippen MR) is 113 cm³/mol. The number of aromatic nitrogens is 2. The van der Waals surface area contributed by atoms with E-state index in [1.165, 1.54) is 35.2 Å². The minimum atomic E-state index is -0.394. The monoisotopic (exact) mass is 466 g/mol. The van der Waals surface area contributed by atoms with Crippen molar-refractivity contribution in [3.05, 3.63) is 27.2 Å². The number of carbonyl (C=O) groups is 1. The Labute approximate surface area is 180 Å². The van der Waals surface area contributed by atoms with Crippen molar-refractivity contribution in [3.63, 3.8) is 0 Å². The number of thioether (sulfide) groups is 1. The van der Waals surface area contributed by atoms with Crippen LogP contribution in [0.1, 0.15) is 19.8 Å². The van der Waals surface area contributed by atoms with Gasteiger partial charge in [-0.2, -0.15) is 0 Å². The number of anilines is 2. The lowest BCUT2D eigenvalue weighted by Crippen LogP contribution is -2.22. The first-order chi connectivity index (χ1) is 12.9. The van der Waals surface area contributed by atoms with Crippen molar-refractivity contribution >= 4 is 74.6 Å². The fourth-order valence-corrected chi connectivity index (χ4v) is 4.89. The first-order valence-electron chi connectivity index (χ1n) is 8.23. The molecule has 0 saturated carbocycles. The summed E-state index contributed by atoms with van der Waals surface area (Å²) in [6.45, 7) is 3.32. The summed E-state index contributed by atoms with van der Waals surface area (Å²) in [6.07, 6.45) is 2.38. The van der Waals surface area contributed by atoms with Gasteiger partial charge in [-0.1, -0.05) is 57.9 Å². The van der Waals surface area contributed by atoms with E-state index in [0.717, 1.165) is 19.4 Å². The molecule has 2 heterocycles. The van der Waals surface area contributed by atoms with E-state index in [-0.39, 0.29) is 12.0 Å². The normalized spacial score (nSPS) is 17.7. The van der Waals surface area contributed by atoms with E-state index in [9.17, 15) is 4.79 Å². The van der Waals surface area contributed by atoms with Crippen LogP contribution in [0.15, 0.2) is 16.5 Å². The molecule has 0 bridgehead atoms. The van der Waals surface area contributed by atoms with Crippen LogP contribution in [0.3, 0.4) is 0 Å². The molecule has 146 valence electrons. The van der Waals surface area contributed by atoms with Crippen molar-refractivity contribution in [2.45, 2.75) is 35.5 Å². The molecule has 27 heavy (non-hydrogen) atoms. The van der Waals surface area contributed by atoms with Gasteiger partial charge >= 0.3 is 0 Å². The summed E-state index contributed by atoms with van der Waals surface area (Å²) in [5, 5.41) is 15.5. The number of carbonyl (C=O) groups excluding carboxylic acids is 1. The van der Waals surface area contributed by atoms with Crippen LogP contribution in [-0.4, -0.2) is 40.6 Å². The largest absolute Gasteiger partial charge is 0.376 e. The van der Waals surface area contributed by atoms with Crippen LogP contribution in [0.25, 0.3) is 0 Å². The summed E-state index contributed by atoms with van der Waals surface area (Å²) in [6, 6.07) is 3.02. The molecular formula is C16H17Cl3N4O2S2. The van der Waals surface area contributed by atoms with Crippen LogP contribution in [0.2, 0.25) is 15.1 Å². The maximum atomic E-state index is 12.4. The lowest BCUT2D eigenvalue weighted by molar-refractivity contribution is -0.115. The molecule has 2 aromatic rings. The van der Waals surface area contributed by atoms with Gasteiger partial charge in [0.05, 0.1) is 32.1 Å². The Morgan fingerprint density at radius 1 is 1.33 bits per heavy atom. The van der Waals surface area contributed by atoms with E-state index in [4.69, 9.17) is 39.5 Å². The van der Waals surface area contributed by atoms with Crippen molar-refractivity contribution in [1.82, 2.24) is 10.2 Å². The second-order valence-electron chi connectivity index (χ2n) is 5.88. The van der Waals surface area contributed by atoms with Crippen molar-refractivity contribution < 1.29 is 9.53 Å². The zero-order valence-corrected chi connectivity index (χ0v) is 18.2. The molecule has 2 atom stereocenters. The minimum Gasteiger partial charge on any atom is -0.376 e. The number of nitrogens with zero attached hydrogens (tertiary/aromatic N) is 2. The highest BCUT2D eigenvalue weighted by atomic mass is 35.5. The Balaban J connectivity index is 1.53. The van der Waals surface area contributed by atoms with Gasteiger partial charge in [0, 0.05) is 13.2 Å². The number of nitrogens with one attached hydrogen (secondary N) is 2. The predicted octanol–water partition coefficient (Wildman–Crippen LogP) is 5.21. The highest BCUT2D eigenvalue weighted by molar-refractivity contribution is 8.02. The summed E-state index contributed by atoms with van der Waals surface area (Å²) >= 11 is 20.7. The third kappa shape index (κ3) is 5.85. The summed E-state index contributed by atoms with van der Waals surface area (Å²) in [5.41, 5.74) is 0.416. The van der Waals surface area contributed by atoms with Crippen LogP contribution in [0.5, 0.6) is 0 Å². The van der Waals surface area contributed by atoms with Crippen molar-refractivity contribution in [2.24, 2.45) is 0 Å². The second-order valence-corrected chi connectivity index (χ2v) is 9.67. The maximum absolute atomic E-state index is 12.4. The topological polar surface area (TPSA) is 76.1 Å². The first kappa shape index (κ1) is 21.0. The Kier molecular flexibility index (Phi) is 7.47. The summed E-state index contributed by atoms with van der Waals surface area (Å²) in [5.74, 6) is -0.218. The van der Waals surface area contributed by atoms with Gasteiger partial charge in [-0.05, 0) is 31.9 Å². The van der Waals surface area contributed by atoms with E-state index in [2.05, 4.69) is 20.8 Å². The lowest BCUT2D eigenvalue weighted by Gasteiger charge is -2.12. The highest BCUT2D eigenvalue weighted by Gasteiger charge is 2.20. The molecule has 1 aromatic heterocycles. The van der Waals surface area contributed by atoms with Gasteiger partial charge in [-0.15, -0.1) is 10.2 Å². The molecule has 1 aliphatic heterocycles. The number of hydrogen-bond acceptors (Lipinski definition) is 7. The summed E-state index contributed by atoms with van der Waals surface area (Å²) in [7, 11) is 0. The zero-order valence-electron chi connectivity index (χ0n) is 14.3. The molecule has 1 amide bonds. The maximum Gasteiger partial charge on any atom is 0.237 e. The Bertz CT molecular complexity index is 815. The number of hydrogen-bond donors (Lipinski definition) is 2. The second kappa shape index (κ2) is 9.62. The third-order valence-corrected chi connectivity index (χ3v) is 6.93. The standard InChI is InChI=1S/C16H17Cl3N4O2S2/c1-8(14(24)21-13-6-11(18)10(17)5-12(13)19)26-16-23-22-15(27-16)20-7-9-3-2-4-25-9/h5-6,8-9H,2-4,7H2,1H3,(H,20,22)(H,21,24). The SMILES string of the molecule is CC(Sc1nnc(NCC2CCCO2)s1)C(=O)Nc1cc(Cl)c(Cl)cc1Cl. The molecule has 3 rings (SSSR count). The molecule has 0 spiro atoms. The molecule has 2 N–H and O–H groups in total. The summed E-state index contributed by atoms with van der Waals surface area (Å²) < 4.78 is 6.27. The van der Waals surface area contributed by atoms with Crippen LogP contribution >= 0.6 is 57.9 Å². The van der Waals surface area contributed by atoms with Crippen molar-refractivity contribution in [1.29, 1.82) is 0 Å². The van der Waals surface area contributed by atoms with Gasteiger partial charge in [0.15, 0.2) is 4.34 Å². The average molecular weight is 468 g/mol.